The monoisotopic (exact) mass is 464 g/mol. The van der Waals surface area contributed by atoms with Crippen molar-refractivity contribution >= 4 is 17.7 Å². The number of carbonyl (C=O) groups is 2. The second-order valence-electron chi connectivity index (χ2n) is 9.71. The van der Waals surface area contributed by atoms with Gasteiger partial charge in [0.1, 0.15) is 11.4 Å². The third-order valence-corrected chi connectivity index (χ3v) is 6.22. The van der Waals surface area contributed by atoms with Gasteiger partial charge in [-0.3, -0.25) is 4.79 Å². The molecule has 1 aliphatic rings. The smallest absolute Gasteiger partial charge is 0.330 e. The van der Waals surface area contributed by atoms with E-state index < -0.39 is 11.5 Å². The number of hydrogen-bond acceptors (Lipinski definition) is 5. The Labute approximate surface area is 202 Å². The molecule has 7 nitrogen and oxygen atoms in total. The van der Waals surface area contributed by atoms with Crippen LogP contribution in [0.2, 0.25) is 0 Å². The molecule has 0 radical (unpaired) electrons. The number of esters is 1. The van der Waals surface area contributed by atoms with E-state index in [1.165, 1.54) is 11.6 Å². The molecule has 1 aromatic carbocycles. The Morgan fingerprint density at radius 1 is 1.32 bits per heavy atom. The number of fused-ring (bicyclic) bond motifs is 1. The topological polar surface area (TPSA) is 85.2 Å². The molecule has 0 aliphatic carbocycles. The summed E-state index contributed by atoms with van der Waals surface area (Å²) < 4.78 is 6.91. The first-order chi connectivity index (χ1) is 16.1. The normalized spacial score (nSPS) is 19.1. The van der Waals surface area contributed by atoms with Crippen molar-refractivity contribution < 1.29 is 14.3 Å². The molecule has 3 rings (SSSR count). The van der Waals surface area contributed by atoms with E-state index in [2.05, 4.69) is 41.7 Å². The van der Waals surface area contributed by atoms with Gasteiger partial charge in [-0.25, -0.2) is 9.48 Å². The first-order valence-corrected chi connectivity index (χ1v) is 11.8. The molecule has 2 unspecified atom stereocenters. The molecule has 182 valence electrons. The second-order valence-corrected chi connectivity index (χ2v) is 9.71. The maximum Gasteiger partial charge on any atom is 0.330 e. The van der Waals surface area contributed by atoms with Gasteiger partial charge in [0.2, 0.25) is 0 Å². The number of carbonyl (C=O) groups excluding carboxylic acids is 2. The molecule has 2 heterocycles. The molecule has 0 fully saturated rings. The van der Waals surface area contributed by atoms with E-state index in [1.54, 1.807) is 19.2 Å². The highest BCUT2D eigenvalue weighted by atomic mass is 16.5. The van der Waals surface area contributed by atoms with Gasteiger partial charge < -0.3 is 15.4 Å². The molecule has 0 spiro atoms. The van der Waals surface area contributed by atoms with Gasteiger partial charge in [0, 0.05) is 6.08 Å². The van der Waals surface area contributed by atoms with Gasteiger partial charge in [-0.15, -0.1) is 0 Å². The molecule has 0 saturated heterocycles. The number of nitrogens with zero attached hydrogens (tertiary/aromatic N) is 2. The first-order valence-electron chi connectivity index (χ1n) is 11.8. The average molecular weight is 465 g/mol. The number of benzene rings is 1. The molecule has 0 bridgehead atoms. The van der Waals surface area contributed by atoms with E-state index in [9.17, 15) is 9.59 Å². The lowest BCUT2D eigenvalue weighted by Gasteiger charge is -2.38. The zero-order valence-corrected chi connectivity index (χ0v) is 21.0. The van der Waals surface area contributed by atoms with Crippen LogP contribution in [0.1, 0.15) is 76.3 Å². The Hall–Kier alpha value is -3.35. The van der Waals surface area contributed by atoms with Crippen LogP contribution in [0, 0.1) is 0 Å². The molecule has 1 aromatic heterocycles. The van der Waals surface area contributed by atoms with Crippen LogP contribution in [0.4, 0.5) is 5.82 Å². The van der Waals surface area contributed by atoms with Gasteiger partial charge in [-0.1, -0.05) is 48.1 Å². The minimum absolute atomic E-state index is 0.0623. The van der Waals surface area contributed by atoms with Crippen LogP contribution in [0.3, 0.4) is 0 Å². The highest BCUT2D eigenvalue weighted by molar-refractivity contribution is 5.99. The Balaban J connectivity index is 1.91. The second kappa shape index (κ2) is 10.3. The summed E-state index contributed by atoms with van der Waals surface area (Å²) in [5, 5.41) is 11.2. The number of hydrogen-bond donors (Lipinski definition) is 2. The van der Waals surface area contributed by atoms with Crippen molar-refractivity contribution in [1.82, 2.24) is 15.1 Å². The fourth-order valence-electron chi connectivity index (χ4n) is 4.40. The number of nitrogens with one attached hydrogen (secondary N) is 2. The molecule has 0 saturated carbocycles. The standard InChI is InChI=1S/C27H36N4O3/c1-7-19(3)16-27(6,15-14-23(32)34-8-2)30-25(33)21-18-28-31-24(21)29-22(17-26(31,4)5)20-12-10-9-11-13-20/h7,9-15,18,22,29H,8,16-17H2,1-6H3,(H,30,33)/b15-14+,19-7+. The SMILES string of the molecule is C/C=C(\C)CC(C)(/C=C/C(=O)OCC)NC(=O)c1cnn2c1NC(c1ccccc1)CC2(C)C. The highest BCUT2D eigenvalue weighted by Crippen LogP contribution is 2.40. The summed E-state index contributed by atoms with van der Waals surface area (Å²) in [4.78, 5) is 25.4. The van der Waals surface area contributed by atoms with Crippen LogP contribution in [0.15, 0.2) is 60.3 Å². The van der Waals surface area contributed by atoms with E-state index in [-0.39, 0.29) is 17.5 Å². The molecule has 34 heavy (non-hydrogen) atoms. The predicted molar refractivity (Wildman–Crippen MR) is 135 cm³/mol. The first kappa shape index (κ1) is 25.3. The van der Waals surface area contributed by atoms with Gasteiger partial charge in [-0.2, -0.15) is 5.10 Å². The van der Waals surface area contributed by atoms with Crippen molar-refractivity contribution in [1.29, 1.82) is 0 Å². The predicted octanol–water partition coefficient (Wildman–Crippen LogP) is 5.14. The van der Waals surface area contributed by atoms with Crippen molar-refractivity contribution in [2.45, 2.75) is 71.5 Å². The quantitative estimate of drug-likeness (QED) is 0.321. The number of amides is 1. The van der Waals surface area contributed by atoms with Gasteiger partial charge >= 0.3 is 5.97 Å². The molecule has 1 amide bonds. The zero-order valence-electron chi connectivity index (χ0n) is 21.0. The number of aromatic nitrogens is 2. The molecule has 2 aromatic rings. The van der Waals surface area contributed by atoms with Crippen LogP contribution in [-0.4, -0.2) is 33.8 Å². The van der Waals surface area contributed by atoms with Crippen molar-refractivity contribution in [3.05, 3.63) is 71.5 Å². The Bertz CT molecular complexity index is 1080. The molecule has 7 heteroatoms. The Kier molecular flexibility index (Phi) is 7.64. The van der Waals surface area contributed by atoms with Gasteiger partial charge in [-0.05, 0) is 59.9 Å². The lowest BCUT2D eigenvalue weighted by molar-refractivity contribution is -0.137. The molecular formula is C27H36N4O3. The highest BCUT2D eigenvalue weighted by Gasteiger charge is 2.37. The van der Waals surface area contributed by atoms with Crippen LogP contribution >= 0.6 is 0 Å². The van der Waals surface area contributed by atoms with Crippen LogP contribution in [0.25, 0.3) is 0 Å². The average Bonchev–Trinajstić information content (AvgIpc) is 3.23. The van der Waals surface area contributed by atoms with E-state index >= 15 is 0 Å². The number of rotatable bonds is 8. The minimum Gasteiger partial charge on any atom is -0.463 e. The van der Waals surface area contributed by atoms with E-state index in [0.29, 0.717) is 24.4 Å². The molecular weight excluding hydrogens is 428 g/mol. The van der Waals surface area contributed by atoms with Crippen LogP contribution < -0.4 is 10.6 Å². The lowest BCUT2D eigenvalue weighted by Crippen LogP contribution is -2.45. The van der Waals surface area contributed by atoms with E-state index in [4.69, 9.17) is 4.74 Å². The summed E-state index contributed by atoms with van der Waals surface area (Å²) in [7, 11) is 0. The van der Waals surface area contributed by atoms with Gasteiger partial charge in [0.15, 0.2) is 0 Å². The molecule has 2 N–H and O–H groups in total. The summed E-state index contributed by atoms with van der Waals surface area (Å²) >= 11 is 0. The van der Waals surface area contributed by atoms with Crippen molar-refractivity contribution in [2.24, 2.45) is 0 Å². The van der Waals surface area contributed by atoms with Crippen LogP contribution in [0.5, 0.6) is 0 Å². The van der Waals surface area contributed by atoms with Crippen molar-refractivity contribution in [3.63, 3.8) is 0 Å². The van der Waals surface area contributed by atoms with Crippen molar-refractivity contribution in [2.75, 3.05) is 11.9 Å². The van der Waals surface area contributed by atoms with E-state index in [1.807, 2.05) is 49.7 Å². The Morgan fingerprint density at radius 2 is 2.03 bits per heavy atom. The summed E-state index contributed by atoms with van der Waals surface area (Å²) in [6.45, 7) is 12.2. The third-order valence-electron chi connectivity index (χ3n) is 6.22. The number of ether oxygens (including phenoxy) is 1. The molecule has 1 aliphatic heterocycles. The third kappa shape index (κ3) is 5.76. The zero-order chi connectivity index (χ0) is 24.9. The van der Waals surface area contributed by atoms with E-state index in [0.717, 1.165) is 12.0 Å². The summed E-state index contributed by atoms with van der Waals surface area (Å²) in [6.07, 6.45) is 8.10. The summed E-state index contributed by atoms with van der Waals surface area (Å²) in [5.74, 6) is 0.0124. The molecule has 2 atom stereocenters. The van der Waals surface area contributed by atoms with Gasteiger partial charge in [0.25, 0.3) is 5.91 Å². The van der Waals surface area contributed by atoms with Crippen molar-refractivity contribution in [3.8, 4) is 0 Å². The number of allylic oxidation sites excluding steroid dienone is 1. The minimum atomic E-state index is -0.779. The number of anilines is 1. The maximum absolute atomic E-state index is 13.5. The Morgan fingerprint density at radius 3 is 2.68 bits per heavy atom. The van der Waals surface area contributed by atoms with Gasteiger partial charge in [0.05, 0.1) is 29.9 Å². The fraction of sp³-hybridized carbons (Fsp3) is 0.444. The largest absolute Gasteiger partial charge is 0.463 e. The van der Waals surface area contributed by atoms with Crippen LogP contribution in [-0.2, 0) is 15.1 Å². The summed E-state index contributed by atoms with van der Waals surface area (Å²) in [6, 6.07) is 10.3. The summed E-state index contributed by atoms with van der Waals surface area (Å²) in [5.41, 5.74) is 1.69. The maximum atomic E-state index is 13.5. The fourth-order valence-corrected chi connectivity index (χ4v) is 4.40. The lowest BCUT2D eigenvalue weighted by atomic mass is 9.89.